The molecule has 1 fully saturated rings. The molecule has 13 heavy (non-hydrogen) atoms. The largest absolute Gasteiger partial charge is 0.479 e. The van der Waals surface area contributed by atoms with Crippen molar-refractivity contribution in [1.29, 1.82) is 0 Å². The van der Waals surface area contributed by atoms with Crippen LogP contribution in [-0.4, -0.2) is 36.5 Å². The third-order valence-electron chi connectivity index (χ3n) is 2.04. The van der Waals surface area contributed by atoms with E-state index in [1.807, 2.05) is 6.92 Å². The molecule has 2 unspecified atom stereocenters. The van der Waals surface area contributed by atoms with Crippen molar-refractivity contribution in [3.8, 4) is 0 Å². The van der Waals surface area contributed by atoms with E-state index in [9.17, 15) is 4.79 Å². The van der Waals surface area contributed by atoms with Crippen molar-refractivity contribution in [1.82, 2.24) is 0 Å². The molecule has 1 saturated heterocycles. The molecule has 0 spiro atoms. The van der Waals surface area contributed by atoms with Gasteiger partial charge in [0, 0.05) is 6.61 Å². The summed E-state index contributed by atoms with van der Waals surface area (Å²) in [5.74, 6) is -0.863. The van der Waals surface area contributed by atoms with Gasteiger partial charge < -0.3 is 14.6 Å². The maximum atomic E-state index is 10.5. The number of hydrogen-bond donors (Lipinski definition) is 1. The van der Waals surface area contributed by atoms with Gasteiger partial charge in [0.15, 0.2) is 6.10 Å². The summed E-state index contributed by atoms with van der Waals surface area (Å²) in [4.78, 5) is 10.5. The molecule has 4 nitrogen and oxygen atoms in total. The number of carbonyl (C=O) groups is 1. The Morgan fingerprint density at radius 2 is 2.38 bits per heavy atom. The third kappa shape index (κ3) is 3.32. The second-order valence-corrected chi connectivity index (χ2v) is 3.24. The van der Waals surface area contributed by atoms with Crippen LogP contribution in [-0.2, 0) is 14.3 Å². The Bertz CT molecular complexity index is 169. The molecular formula is C9H16O4. The van der Waals surface area contributed by atoms with Crippen molar-refractivity contribution in [2.24, 2.45) is 0 Å². The summed E-state index contributed by atoms with van der Waals surface area (Å²) in [6.07, 6.45) is 1.74. The first-order valence-electron chi connectivity index (χ1n) is 4.70. The maximum Gasteiger partial charge on any atom is 0.332 e. The topological polar surface area (TPSA) is 55.8 Å². The van der Waals surface area contributed by atoms with E-state index in [1.54, 1.807) is 0 Å². The van der Waals surface area contributed by atoms with Crippen LogP contribution in [0.25, 0.3) is 0 Å². The maximum absolute atomic E-state index is 10.5. The minimum Gasteiger partial charge on any atom is -0.479 e. The Labute approximate surface area is 77.8 Å². The zero-order valence-electron chi connectivity index (χ0n) is 7.86. The van der Waals surface area contributed by atoms with Crippen molar-refractivity contribution < 1.29 is 19.4 Å². The van der Waals surface area contributed by atoms with E-state index in [0.717, 1.165) is 19.4 Å². The Hall–Kier alpha value is -0.610. The van der Waals surface area contributed by atoms with Crippen molar-refractivity contribution >= 4 is 5.97 Å². The molecule has 0 saturated carbocycles. The van der Waals surface area contributed by atoms with Gasteiger partial charge in [0.25, 0.3) is 0 Å². The highest BCUT2D eigenvalue weighted by molar-refractivity contribution is 5.72. The van der Waals surface area contributed by atoms with Crippen LogP contribution in [0.3, 0.4) is 0 Å². The normalized spacial score (nSPS) is 27.8. The molecule has 76 valence electrons. The lowest BCUT2D eigenvalue weighted by atomic mass is 10.2. The second-order valence-electron chi connectivity index (χ2n) is 3.24. The number of carboxylic acid groups (broad SMARTS) is 1. The zero-order valence-corrected chi connectivity index (χ0v) is 7.86. The molecule has 0 bridgehead atoms. The summed E-state index contributed by atoms with van der Waals surface area (Å²) in [6, 6.07) is 0. The molecule has 1 N–H and O–H groups in total. The van der Waals surface area contributed by atoms with Crippen LogP contribution in [0.4, 0.5) is 0 Å². The van der Waals surface area contributed by atoms with Gasteiger partial charge in [0.05, 0.1) is 12.7 Å². The second kappa shape index (κ2) is 5.19. The highest BCUT2D eigenvalue weighted by Gasteiger charge is 2.30. The molecule has 0 aromatic heterocycles. The van der Waals surface area contributed by atoms with Crippen molar-refractivity contribution in [3.05, 3.63) is 0 Å². The molecule has 4 heteroatoms. The number of aliphatic carboxylic acids is 1. The summed E-state index contributed by atoms with van der Waals surface area (Å²) < 4.78 is 10.5. The van der Waals surface area contributed by atoms with Gasteiger partial charge in [-0.25, -0.2) is 4.79 Å². The summed E-state index contributed by atoms with van der Waals surface area (Å²) in [7, 11) is 0. The fourth-order valence-electron chi connectivity index (χ4n) is 1.37. The summed E-state index contributed by atoms with van der Waals surface area (Å²) in [5, 5.41) is 8.64. The Morgan fingerprint density at radius 3 is 2.92 bits per heavy atom. The summed E-state index contributed by atoms with van der Waals surface area (Å²) >= 11 is 0. The van der Waals surface area contributed by atoms with Gasteiger partial charge >= 0.3 is 5.97 Å². The van der Waals surface area contributed by atoms with Gasteiger partial charge in [0.2, 0.25) is 0 Å². The van der Waals surface area contributed by atoms with E-state index in [1.165, 1.54) is 0 Å². The first-order chi connectivity index (χ1) is 6.24. The van der Waals surface area contributed by atoms with Crippen molar-refractivity contribution in [3.63, 3.8) is 0 Å². The van der Waals surface area contributed by atoms with E-state index in [0.29, 0.717) is 13.0 Å². The monoisotopic (exact) mass is 188 g/mol. The van der Waals surface area contributed by atoms with Gasteiger partial charge in [-0.3, -0.25) is 0 Å². The van der Waals surface area contributed by atoms with Crippen molar-refractivity contribution in [2.45, 2.75) is 38.4 Å². The average molecular weight is 188 g/mol. The Balaban J connectivity index is 2.14. The predicted octanol–water partition coefficient (Wildman–Crippen LogP) is 1.05. The molecule has 2 atom stereocenters. The summed E-state index contributed by atoms with van der Waals surface area (Å²) in [6.45, 7) is 3.28. The fourth-order valence-corrected chi connectivity index (χ4v) is 1.37. The third-order valence-corrected chi connectivity index (χ3v) is 2.04. The van der Waals surface area contributed by atoms with E-state index in [4.69, 9.17) is 14.6 Å². The first kappa shape index (κ1) is 10.5. The van der Waals surface area contributed by atoms with E-state index in [2.05, 4.69) is 0 Å². The lowest BCUT2D eigenvalue weighted by Gasteiger charge is -2.10. The predicted molar refractivity (Wildman–Crippen MR) is 46.6 cm³/mol. The number of hydrogen-bond acceptors (Lipinski definition) is 3. The van der Waals surface area contributed by atoms with E-state index < -0.39 is 12.1 Å². The van der Waals surface area contributed by atoms with Gasteiger partial charge in [0.1, 0.15) is 0 Å². The molecular weight excluding hydrogens is 172 g/mol. The minimum atomic E-state index is -0.863. The number of rotatable bonds is 5. The Kier molecular flexibility index (Phi) is 4.18. The zero-order chi connectivity index (χ0) is 9.68. The molecule has 0 aromatic carbocycles. The van der Waals surface area contributed by atoms with Crippen LogP contribution in [0.1, 0.15) is 26.2 Å². The van der Waals surface area contributed by atoms with Crippen LogP contribution < -0.4 is 0 Å². The molecule has 0 amide bonds. The van der Waals surface area contributed by atoms with Gasteiger partial charge in [-0.15, -0.1) is 0 Å². The molecule has 0 radical (unpaired) electrons. The number of ether oxygens (including phenoxy) is 2. The van der Waals surface area contributed by atoms with Crippen LogP contribution >= 0.6 is 0 Å². The van der Waals surface area contributed by atoms with Crippen LogP contribution in [0, 0.1) is 0 Å². The van der Waals surface area contributed by atoms with Crippen LogP contribution in [0.5, 0.6) is 0 Å². The lowest BCUT2D eigenvalue weighted by molar-refractivity contribution is -0.150. The average Bonchev–Trinajstić information content (AvgIpc) is 2.53. The minimum absolute atomic E-state index is 0.0207. The summed E-state index contributed by atoms with van der Waals surface area (Å²) in [5.41, 5.74) is 0. The van der Waals surface area contributed by atoms with E-state index in [-0.39, 0.29) is 6.10 Å². The standard InChI is InChI=1S/C9H16O4/c1-2-5-12-6-7-3-4-8(13-7)9(10)11/h7-8H,2-6H2,1H3,(H,10,11). The highest BCUT2D eigenvalue weighted by Crippen LogP contribution is 2.19. The first-order valence-corrected chi connectivity index (χ1v) is 4.70. The molecule has 1 rings (SSSR count). The van der Waals surface area contributed by atoms with Gasteiger partial charge in [-0.1, -0.05) is 6.92 Å². The quantitative estimate of drug-likeness (QED) is 0.655. The van der Waals surface area contributed by atoms with Gasteiger partial charge in [-0.2, -0.15) is 0 Å². The Morgan fingerprint density at radius 1 is 1.62 bits per heavy atom. The molecule has 0 aliphatic carbocycles. The van der Waals surface area contributed by atoms with Crippen LogP contribution in [0.15, 0.2) is 0 Å². The highest BCUT2D eigenvalue weighted by atomic mass is 16.6. The molecule has 0 aromatic rings. The van der Waals surface area contributed by atoms with Crippen molar-refractivity contribution in [2.75, 3.05) is 13.2 Å². The fraction of sp³-hybridized carbons (Fsp3) is 0.889. The van der Waals surface area contributed by atoms with Gasteiger partial charge in [-0.05, 0) is 19.3 Å². The molecule has 1 aliphatic heterocycles. The lowest BCUT2D eigenvalue weighted by Crippen LogP contribution is -2.22. The molecule has 1 aliphatic rings. The van der Waals surface area contributed by atoms with Crippen LogP contribution in [0.2, 0.25) is 0 Å². The SMILES string of the molecule is CCCOCC1CCC(C(=O)O)O1. The number of carboxylic acids is 1. The smallest absolute Gasteiger partial charge is 0.332 e. The van der Waals surface area contributed by atoms with E-state index >= 15 is 0 Å². The molecule has 1 heterocycles.